The summed E-state index contributed by atoms with van der Waals surface area (Å²) in [4.78, 5) is 29.3. The van der Waals surface area contributed by atoms with Crippen LogP contribution in [0.25, 0.3) is 0 Å². The lowest BCUT2D eigenvalue weighted by Gasteiger charge is -2.32. The normalized spacial score (nSPS) is 18.0. The average molecular weight is 445 g/mol. The number of carbonyl (C=O) groups excluding carboxylic acids is 2. The molecule has 0 bridgehead atoms. The predicted molar refractivity (Wildman–Crippen MR) is 100 cm³/mol. The quantitative estimate of drug-likeness (QED) is 0.711. The number of halogens is 5. The fraction of sp³-hybridized carbons (Fsp3) is 0.316. The summed E-state index contributed by atoms with van der Waals surface area (Å²) < 4.78 is 52.9. The van der Waals surface area contributed by atoms with Gasteiger partial charge in [-0.2, -0.15) is 13.2 Å². The largest absolute Gasteiger partial charge is 0.433 e. The molecule has 2 aromatic rings. The van der Waals surface area contributed by atoms with Gasteiger partial charge in [0, 0.05) is 12.6 Å². The Morgan fingerprint density at radius 3 is 2.70 bits per heavy atom. The van der Waals surface area contributed by atoms with Crippen molar-refractivity contribution >= 4 is 23.5 Å². The van der Waals surface area contributed by atoms with E-state index in [1.54, 1.807) is 6.92 Å². The topological polar surface area (TPSA) is 74.3 Å². The van der Waals surface area contributed by atoms with Crippen molar-refractivity contribution in [3.63, 3.8) is 0 Å². The molecule has 0 saturated carbocycles. The van der Waals surface area contributed by atoms with E-state index in [1.807, 2.05) is 0 Å². The molecular formula is C19H17ClF4N4O2. The van der Waals surface area contributed by atoms with E-state index in [1.165, 1.54) is 23.1 Å². The van der Waals surface area contributed by atoms with Crippen molar-refractivity contribution in [2.75, 3.05) is 13.1 Å². The monoisotopic (exact) mass is 444 g/mol. The van der Waals surface area contributed by atoms with Gasteiger partial charge >= 0.3 is 12.2 Å². The predicted octanol–water partition coefficient (Wildman–Crippen LogP) is 3.51. The molecule has 3 rings (SSSR count). The van der Waals surface area contributed by atoms with E-state index in [2.05, 4.69) is 15.6 Å². The summed E-state index contributed by atoms with van der Waals surface area (Å²) in [7, 11) is 0. The number of amides is 3. The third kappa shape index (κ3) is 4.99. The second-order valence-electron chi connectivity index (χ2n) is 6.85. The molecule has 1 saturated heterocycles. The summed E-state index contributed by atoms with van der Waals surface area (Å²) in [5.74, 6) is -1.08. The Kier molecular flexibility index (Phi) is 6.16. The van der Waals surface area contributed by atoms with Crippen LogP contribution in [0.5, 0.6) is 0 Å². The van der Waals surface area contributed by atoms with Gasteiger partial charge in [0.1, 0.15) is 18.1 Å². The van der Waals surface area contributed by atoms with Crippen LogP contribution in [0.2, 0.25) is 5.02 Å². The highest BCUT2D eigenvalue weighted by Crippen LogP contribution is 2.30. The maximum atomic E-state index is 13.6. The summed E-state index contributed by atoms with van der Waals surface area (Å²) in [5, 5.41) is 4.98. The molecule has 1 aliphatic rings. The molecule has 6 nitrogen and oxygen atoms in total. The number of piperazine rings is 1. The molecule has 11 heteroatoms. The Morgan fingerprint density at radius 2 is 2.07 bits per heavy atom. The van der Waals surface area contributed by atoms with Crippen molar-refractivity contribution < 1.29 is 27.2 Å². The van der Waals surface area contributed by atoms with Crippen LogP contribution in [-0.2, 0) is 11.0 Å². The highest BCUT2D eigenvalue weighted by atomic mass is 35.5. The first-order valence-electron chi connectivity index (χ1n) is 8.88. The van der Waals surface area contributed by atoms with Crippen LogP contribution < -0.4 is 10.6 Å². The zero-order valence-electron chi connectivity index (χ0n) is 15.6. The van der Waals surface area contributed by atoms with Gasteiger partial charge < -0.3 is 15.5 Å². The Balaban J connectivity index is 1.97. The molecule has 3 amide bonds. The van der Waals surface area contributed by atoms with E-state index in [4.69, 9.17) is 11.6 Å². The number of urea groups is 1. The first kappa shape index (κ1) is 21.8. The van der Waals surface area contributed by atoms with Gasteiger partial charge in [-0.1, -0.05) is 23.7 Å². The number of alkyl halides is 3. The number of hydrogen-bond donors (Lipinski definition) is 2. The number of aromatic nitrogens is 1. The van der Waals surface area contributed by atoms with Crippen molar-refractivity contribution in [3.05, 3.63) is 64.2 Å². The summed E-state index contributed by atoms with van der Waals surface area (Å²) in [6, 6.07) is 4.68. The van der Waals surface area contributed by atoms with Gasteiger partial charge in [0.2, 0.25) is 5.91 Å². The maximum Gasteiger partial charge on any atom is 0.433 e. The summed E-state index contributed by atoms with van der Waals surface area (Å²) in [5.41, 5.74) is -1.02. The number of hydrogen-bond acceptors (Lipinski definition) is 3. The zero-order valence-corrected chi connectivity index (χ0v) is 16.4. The lowest BCUT2D eigenvalue weighted by molar-refractivity contribution is -0.141. The lowest BCUT2D eigenvalue weighted by Crippen LogP contribution is -2.57. The molecule has 2 N–H and O–H groups in total. The smallest absolute Gasteiger partial charge is 0.350 e. The number of nitrogens with zero attached hydrogens (tertiary/aromatic N) is 2. The molecule has 1 fully saturated rings. The van der Waals surface area contributed by atoms with Gasteiger partial charge in [0.25, 0.3) is 0 Å². The van der Waals surface area contributed by atoms with Crippen LogP contribution in [0, 0.1) is 5.82 Å². The number of benzene rings is 1. The van der Waals surface area contributed by atoms with E-state index in [9.17, 15) is 27.2 Å². The molecule has 1 aromatic heterocycles. The van der Waals surface area contributed by atoms with Crippen molar-refractivity contribution in [2.45, 2.75) is 25.2 Å². The van der Waals surface area contributed by atoms with Gasteiger partial charge in [0.05, 0.1) is 16.8 Å². The molecule has 2 atom stereocenters. The van der Waals surface area contributed by atoms with Gasteiger partial charge in [-0.15, -0.1) is 0 Å². The average Bonchev–Trinajstić information content (AvgIpc) is 2.67. The van der Waals surface area contributed by atoms with Crippen molar-refractivity contribution in [1.82, 2.24) is 20.5 Å². The number of rotatable bonds is 3. The summed E-state index contributed by atoms with van der Waals surface area (Å²) in [6.07, 6.45) is -4.69. The minimum Gasteiger partial charge on any atom is -0.350 e. The second kappa shape index (κ2) is 8.47. The molecule has 0 aliphatic carbocycles. The Labute approximate surface area is 174 Å². The van der Waals surface area contributed by atoms with Gasteiger partial charge in [-0.25, -0.2) is 14.2 Å². The fourth-order valence-corrected chi connectivity index (χ4v) is 3.28. The molecule has 0 radical (unpaired) electrons. The number of pyridine rings is 1. The highest BCUT2D eigenvalue weighted by Gasteiger charge is 2.34. The maximum absolute atomic E-state index is 13.6. The summed E-state index contributed by atoms with van der Waals surface area (Å²) >= 11 is 5.82. The minimum atomic E-state index is -4.69. The van der Waals surface area contributed by atoms with E-state index in [0.29, 0.717) is 0 Å². The van der Waals surface area contributed by atoms with E-state index < -0.39 is 29.8 Å². The van der Waals surface area contributed by atoms with E-state index >= 15 is 0 Å². The van der Waals surface area contributed by atoms with Crippen molar-refractivity contribution in [3.8, 4) is 0 Å². The first-order valence-corrected chi connectivity index (χ1v) is 9.26. The van der Waals surface area contributed by atoms with Crippen LogP contribution in [0.4, 0.5) is 22.4 Å². The third-order valence-corrected chi connectivity index (χ3v) is 4.71. The molecule has 160 valence electrons. The van der Waals surface area contributed by atoms with E-state index in [-0.39, 0.29) is 41.3 Å². The molecule has 2 heterocycles. The molecule has 1 aromatic carbocycles. The number of carbonyl (C=O) groups is 2. The number of nitrogens with one attached hydrogen (secondary N) is 2. The summed E-state index contributed by atoms with van der Waals surface area (Å²) in [6.45, 7) is 1.72. The van der Waals surface area contributed by atoms with Crippen molar-refractivity contribution in [1.29, 1.82) is 0 Å². The molecule has 30 heavy (non-hydrogen) atoms. The zero-order chi connectivity index (χ0) is 22.1. The minimum absolute atomic E-state index is 0.115. The Hall–Kier alpha value is -2.88. The highest BCUT2D eigenvalue weighted by molar-refractivity contribution is 6.30. The molecule has 0 unspecified atom stereocenters. The van der Waals surface area contributed by atoms with Gasteiger partial charge in [0.15, 0.2) is 0 Å². The second-order valence-corrected chi connectivity index (χ2v) is 7.26. The van der Waals surface area contributed by atoms with Crippen LogP contribution in [0.15, 0.2) is 36.4 Å². The fourth-order valence-electron chi connectivity index (χ4n) is 3.09. The van der Waals surface area contributed by atoms with Gasteiger partial charge in [-0.05, 0) is 36.8 Å². The lowest BCUT2D eigenvalue weighted by atomic mass is 10.0. The molecule has 1 aliphatic heterocycles. The van der Waals surface area contributed by atoms with Crippen LogP contribution in [-0.4, -0.2) is 41.0 Å². The molecular weight excluding hydrogens is 428 g/mol. The van der Waals surface area contributed by atoms with Gasteiger partial charge in [-0.3, -0.25) is 4.79 Å². The SMILES string of the molecule is C[C@H]1CN(C(=O)N[C@H](c2ccc(F)c(Cl)c2)c2cccc(C(F)(F)F)n2)CC(=O)N1. The van der Waals surface area contributed by atoms with Crippen LogP contribution in [0.3, 0.4) is 0 Å². The Morgan fingerprint density at radius 1 is 1.33 bits per heavy atom. The Bertz CT molecular complexity index is 970. The van der Waals surface area contributed by atoms with Crippen LogP contribution >= 0.6 is 11.6 Å². The van der Waals surface area contributed by atoms with Crippen LogP contribution in [0.1, 0.15) is 29.9 Å². The standard InChI is InChI=1S/C19H17ClF4N4O2/c1-10-8-28(9-16(29)25-10)18(30)27-17(11-5-6-13(21)12(20)7-11)14-3-2-4-15(26-14)19(22,23)24/h2-7,10,17H,8-9H2,1H3,(H,25,29)(H,27,30)/t10-,17+/m0/s1. The molecule has 0 spiro atoms. The van der Waals surface area contributed by atoms with Crippen molar-refractivity contribution in [2.24, 2.45) is 0 Å². The van der Waals surface area contributed by atoms with E-state index in [0.717, 1.165) is 18.2 Å². The first-order chi connectivity index (χ1) is 14.0. The third-order valence-electron chi connectivity index (χ3n) is 4.42.